The summed E-state index contributed by atoms with van der Waals surface area (Å²) in [5.74, 6) is 0.951. The van der Waals surface area contributed by atoms with Crippen LogP contribution in [0.15, 0.2) is 42.5 Å². The molecule has 0 saturated heterocycles. The Morgan fingerprint density at radius 1 is 1.05 bits per heavy atom. The van der Waals surface area contributed by atoms with E-state index in [2.05, 4.69) is 5.32 Å². The Morgan fingerprint density at radius 2 is 1.59 bits per heavy atom. The van der Waals surface area contributed by atoms with Crippen molar-refractivity contribution >= 4 is 17.5 Å². The zero-order valence-corrected chi connectivity index (χ0v) is 13.5. The van der Waals surface area contributed by atoms with Gasteiger partial charge in [0.15, 0.2) is 0 Å². The summed E-state index contributed by atoms with van der Waals surface area (Å²) in [5, 5.41) is 3.61. The summed E-state index contributed by atoms with van der Waals surface area (Å²) in [6.45, 7) is 1.92. The highest BCUT2D eigenvalue weighted by atomic mass is 35.5. The number of nitrogens with one attached hydrogen (secondary N) is 1. The van der Waals surface area contributed by atoms with Gasteiger partial charge in [-0.2, -0.15) is 0 Å². The smallest absolute Gasteiger partial charge is 0.252 e. The van der Waals surface area contributed by atoms with Gasteiger partial charge in [-0.15, -0.1) is 0 Å². The van der Waals surface area contributed by atoms with Crippen LogP contribution in [0.25, 0.3) is 0 Å². The van der Waals surface area contributed by atoms with E-state index in [1.807, 2.05) is 19.1 Å². The first-order valence-electron chi connectivity index (χ1n) is 6.83. The lowest BCUT2D eigenvalue weighted by atomic mass is 10.1. The molecule has 0 bridgehead atoms. The second-order valence-electron chi connectivity index (χ2n) is 4.85. The molecule has 0 unspecified atom stereocenters. The molecule has 0 aliphatic heterocycles. The topological polar surface area (TPSA) is 47.6 Å². The van der Waals surface area contributed by atoms with Crippen molar-refractivity contribution in [1.29, 1.82) is 0 Å². The Kier molecular flexibility index (Phi) is 5.28. The van der Waals surface area contributed by atoms with Crippen molar-refractivity contribution in [3.8, 4) is 11.5 Å². The van der Waals surface area contributed by atoms with Crippen LogP contribution in [-0.4, -0.2) is 20.1 Å². The Hall–Kier alpha value is -2.20. The van der Waals surface area contributed by atoms with Crippen molar-refractivity contribution in [2.24, 2.45) is 0 Å². The Morgan fingerprint density at radius 3 is 2.09 bits per heavy atom. The van der Waals surface area contributed by atoms with Gasteiger partial charge in [0, 0.05) is 16.7 Å². The molecule has 1 atom stereocenters. The molecule has 0 fully saturated rings. The highest BCUT2D eigenvalue weighted by molar-refractivity contribution is 6.30. The van der Waals surface area contributed by atoms with E-state index in [0.29, 0.717) is 22.1 Å². The Bertz CT molecular complexity index is 633. The fourth-order valence-corrected chi connectivity index (χ4v) is 2.18. The van der Waals surface area contributed by atoms with Crippen LogP contribution < -0.4 is 14.8 Å². The van der Waals surface area contributed by atoms with E-state index in [-0.39, 0.29) is 11.9 Å². The van der Waals surface area contributed by atoms with E-state index in [1.165, 1.54) is 0 Å². The van der Waals surface area contributed by atoms with Crippen molar-refractivity contribution in [3.63, 3.8) is 0 Å². The second kappa shape index (κ2) is 7.18. The van der Waals surface area contributed by atoms with Crippen LogP contribution >= 0.6 is 11.6 Å². The number of ether oxygens (including phenoxy) is 2. The SMILES string of the molecule is COc1cc(OC)cc(C(=O)N[C@H](C)c2ccc(Cl)cc2)c1. The standard InChI is InChI=1S/C17H18ClNO3/c1-11(12-4-6-14(18)7-5-12)19-17(20)13-8-15(21-2)10-16(9-13)22-3/h4-11H,1-3H3,(H,19,20)/t11-/m1/s1. The van der Waals surface area contributed by atoms with Gasteiger partial charge in [-0.05, 0) is 36.8 Å². The van der Waals surface area contributed by atoms with Crippen LogP contribution in [0.1, 0.15) is 28.9 Å². The molecule has 0 aliphatic rings. The van der Waals surface area contributed by atoms with Gasteiger partial charge in [0.05, 0.1) is 20.3 Å². The fourth-order valence-electron chi connectivity index (χ4n) is 2.05. The van der Waals surface area contributed by atoms with E-state index >= 15 is 0 Å². The summed E-state index contributed by atoms with van der Waals surface area (Å²) >= 11 is 5.87. The molecule has 0 saturated carbocycles. The maximum Gasteiger partial charge on any atom is 0.252 e. The third-order valence-corrected chi connectivity index (χ3v) is 3.58. The average molecular weight is 320 g/mol. The van der Waals surface area contributed by atoms with Gasteiger partial charge in [0.1, 0.15) is 11.5 Å². The predicted molar refractivity (Wildman–Crippen MR) is 86.9 cm³/mol. The number of carbonyl (C=O) groups excluding carboxylic acids is 1. The first kappa shape index (κ1) is 16.2. The molecule has 0 aliphatic carbocycles. The lowest BCUT2D eigenvalue weighted by Gasteiger charge is -2.15. The molecule has 2 aromatic carbocycles. The molecule has 0 spiro atoms. The number of halogens is 1. The highest BCUT2D eigenvalue weighted by Crippen LogP contribution is 2.23. The van der Waals surface area contributed by atoms with Crippen LogP contribution in [0.5, 0.6) is 11.5 Å². The third kappa shape index (κ3) is 3.92. The summed E-state index contributed by atoms with van der Waals surface area (Å²) in [6, 6.07) is 12.3. The van der Waals surface area contributed by atoms with Crippen LogP contribution in [0.3, 0.4) is 0 Å². The maximum atomic E-state index is 12.4. The van der Waals surface area contributed by atoms with Crippen molar-refractivity contribution in [2.75, 3.05) is 14.2 Å². The highest BCUT2D eigenvalue weighted by Gasteiger charge is 2.13. The third-order valence-electron chi connectivity index (χ3n) is 3.33. The van der Waals surface area contributed by atoms with E-state index in [1.54, 1.807) is 44.6 Å². The minimum absolute atomic E-state index is 0.137. The summed E-state index contributed by atoms with van der Waals surface area (Å²) in [4.78, 5) is 12.4. The van der Waals surface area contributed by atoms with Gasteiger partial charge >= 0.3 is 0 Å². The summed E-state index contributed by atoms with van der Waals surface area (Å²) in [6.07, 6.45) is 0. The molecule has 116 valence electrons. The Balaban J connectivity index is 2.16. The Labute approximate surface area is 135 Å². The quantitative estimate of drug-likeness (QED) is 0.910. The van der Waals surface area contributed by atoms with Crippen molar-refractivity contribution in [2.45, 2.75) is 13.0 Å². The molecule has 0 radical (unpaired) electrons. The normalized spacial score (nSPS) is 11.6. The molecule has 22 heavy (non-hydrogen) atoms. The van der Waals surface area contributed by atoms with Crippen molar-refractivity contribution in [1.82, 2.24) is 5.32 Å². The van der Waals surface area contributed by atoms with Gasteiger partial charge in [0.25, 0.3) is 5.91 Å². The average Bonchev–Trinajstić information content (AvgIpc) is 2.54. The molecule has 0 aromatic heterocycles. The molecular weight excluding hydrogens is 302 g/mol. The van der Waals surface area contributed by atoms with Crippen molar-refractivity contribution < 1.29 is 14.3 Å². The molecule has 2 aromatic rings. The molecule has 2 rings (SSSR count). The zero-order chi connectivity index (χ0) is 16.1. The maximum absolute atomic E-state index is 12.4. The molecular formula is C17H18ClNO3. The monoisotopic (exact) mass is 319 g/mol. The summed E-state index contributed by atoms with van der Waals surface area (Å²) in [5.41, 5.74) is 1.46. The second-order valence-corrected chi connectivity index (χ2v) is 5.28. The van der Waals surface area contributed by atoms with E-state index in [0.717, 1.165) is 5.56 Å². The zero-order valence-electron chi connectivity index (χ0n) is 12.7. The van der Waals surface area contributed by atoms with Gasteiger partial charge in [-0.3, -0.25) is 4.79 Å². The minimum atomic E-state index is -0.195. The lowest BCUT2D eigenvalue weighted by molar-refractivity contribution is 0.0939. The number of hydrogen-bond donors (Lipinski definition) is 1. The number of benzene rings is 2. The van der Waals surface area contributed by atoms with E-state index in [4.69, 9.17) is 21.1 Å². The molecule has 5 heteroatoms. The van der Waals surface area contributed by atoms with Gasteiger partial charge in [-0.25, -0.2) is 0 Å². The van der Waals surface area contributed by atoms with Crippen LogP contribution in [-0.2, 0) is 0 Å². The largest absolute Gasteiger partial charge is 0.497 e. The number of hydrogen-bond acceptors (Lipinski definition) is 3. The van der Waals surface area contributed by atoms with Gasteiger partial charge in [0.2, 0.25) is 0 Å². The molecule has 4 nitrogen and oxygen atoms in total. The molecule has 1 N–H and O–H groups in total. The number of amides is 1. The van der Waals surface area contributed by atoms with E-state index in [9.17, 15) is 4.79 Å². The molecule has 1 amide bonds. The van der Waals surface area contributed by atoms with Crippen molar-refractivity contribution in [3.05, 3.63) is 58.6 Å². The lowest BCUT2D eigenvalue weighted by Crippen LogP contribution is -2.26. The van der Waals surface area contributed by atoms with Crippen LogP contribution in [0.2, 0.25) is 5.02 Å². The first-order valence-corrected chi connectivity index (χ1v) is 7.20. The first-order chi connectivity index (χ1) is 10.5. The number of rotatable bonds is 5. The molecule has 0 heterocycles. The van der Waals surface area contributed by atoms with E-state index < -0.39 is 0 Å². The number of carbonyl (C=O) groups is 1. The van der Waals surface area contributed by atoms with Gasteiger partial charge < -0.3 is 14.8 Å². The number of methoxy groups -OCH3 is 2. The predicted octanol–water partition coefficient (Wildman–Crippen LogP) is 3.85. The summed E-state index contributed by atoms with van der Waals surface area (Å²) < 4.78 is 10.4. The fraction of sp³-hybridized carbons (Fsp3) is 0.235. The summed E-state index contributed by atoms with van der Waals surface area (Å²) in [7, 11) is 3.10. The van der Waals surface area contributed by atoms with Gasteiger partial charge in [-0.1, -0.05) is 23.7 Å². The van der Waals surface area contributed by atoms with Crippen LogP contribution in [0, 0.1) is 0 Å². The van der Waals surface area contributed by atoms with Crippen LogP contribution in [0.4, 0.5) is 0 Å². The minimum Gasteiger partial charge on any atom is -0.497 e.